The number of sulfonamides is 1. The zero-order valence-corrected chi connectivity index (χ0v) is 18.7. The van der Waals surface area contributed by atoms with Crippen molar-refractivity contribution in [2.45, 2.75) is 17.9 Å². The van der Waals surface area contributed by atoms with Crippen LogP contribution in [0.15, 0.2) is 64.7 Å². The first kappa shape index (κ1) is 22.5. The van der Waals surface area contributed by atoms with Crippen LogP contribution >= 0.6 is 0 Å². The van der Waals surface area contributed by atoms with E-state index < -0.39 is 10.0 Å². The highest BCUT2D eigenvalue weighted by atomic mass is 32.2. The molecule has 164 valence electrons. The first-order valence-electron chi connectivity index (χ1n) is 9.56. The van der Waals surface area contributed by atoms with Crippen LogP contribution in [0.1, 0.15) is 5.56 Å². The molecule has 0 saturated heterocycles. The second-order valence-corrected chi connectivity index (χ2v) is 9.18. The highest BCUT2D eigenvalue weighted by Crippen LogP contribution is 2.26. The lowest BCUT2D eigenvalue weighted by Crippen LogP contribution is -2.25. The van der Waals surface area contributed by atoms with Crippen LogP contribution in [0.5, 0.6) is 11.5 Å². The zero-order chi connectivity index (χ0) is 22.6. The molecule has 2 aromatic carbocycles. The van der Waals surface area contributed by atoms with E-state index in [2.05, 4.69) is 4.98 Å². The van der Waals surface area contributed by atoms with E-state index >= 15 is 0 Å². The number of methoxy groups -OCH3 is 2. The summed E-state index contributed by atoms with van der Waals surface area (Å²) in [7, 11) is 2.34. The van der Waals surface area contributed by atoms with Gasteiger partial charge < -0.3 is 9.47 Å². The standard InChI is InChI=1S/C22H25N3O5S/c1-24(2)31(27,28)21-8-6-5-7-19(21)20-14-23-15-25(22(20)26)10-9-16-11-17(29-3)13-18(12-16)30-4/h5-8,11-15H,9-10H2,1-4H3. The van der Waals surface area contributed by atoms with Gasteiger partial charge in [0.05, 0.1) is 31.0 Å². The van der Waals surface area contributed by atoms with Crippen molar-refractivity contribution in [1.82, 2.24) is 13.9 Å². The first-order valence-corrected chi connectivity index (χ1v) is 11.0. The van der Waals surface area contributed by atoms with Gasteiger partial charge >= 0.3 is 0 Å². The number of rotatable bonds is 8. The Morgan fingerprint density at radius 3 is 2.26 bits per heavy atom. The second-order valence-electron chi connectivity index (χ2n) is 7.06. The quantitative estimate of drug-likeness (QED) is 0.531. The van der Waals surface area contributed by atoms with Gasteiger partial charge in [-0.1, -0.05) is 18.2 Å². The molecule has 9 heteroatoms. The Bertz CT molecular complexity index is 1210. The van der Waals surface area contributed by atoms with Crippen molar-refractivity contribution < 1.29 is 17.9 Å². The summed E-state index contributed by atoms with van der Waals surface area (Å²) in [5, 5.41) is 0. The summed E-state index contributed by atoms with van der Waals surface area (Å²) in [6.07, 6.45) is 3.39. The average molecular weight is 444 g/mol. The van der Waals surface area contributed by atoms with Gasteiger partial charge in [0.15, 0.2) is 0 Å². The molecule has 1 aromatic heterocycles. The molecule has 0 aliphatic rings. The van der Waals surface area contributed by atoms with Gasteiger partial charge in [0, 0.05) is 38.5 Å². The fourth-order valence-electron chi connectivity index (χ4n) is 3.17. The van der Waals surface area contributed by atoms with Gasteiger partial charge in [0.2, 0.25) is 10.0 Å². The van der Waals surface area contributed by atoms with E-state index in [1.165, 1.54) is 37.3 Å². The second kappa shape index (κ2) is 9.32. The van der Waals surface area contributed by atoms with E-state index in [-0.39, 0.29) is 16.0 Å². The summed E-state index contributed by atoms with van der Waals surface area (Å²) in [5.41, 5.74) is 1.17. The number of nitrogens with zero attached hydrogens (tertiary/aromatic N) is 3. The van der Waals surface area contributed by atoms with Gasteiger partial charge in [-0.05, 0) is 30.2 Å². The summed E-state index contributed by atoms with van der Waals surface area (Å²) in [6.45, 7) is 0.360. The Balaban J connectivity index is 1.97. The maximum Gasteiger partial charge on any atom is 0.261 e. The molecule has 0 bridgehead atoms. The third kappa shape index (κ3) is 4.78. The van der Waals surface area contributed by atoms with E-state index in [4.69, 9.17) is 9.47 Å². The topological polar surface area (TPSA) is 90.7 Å². The Hall–Kier alpha value is -3.17. The van der Waals surface area contributed by atoms with E-state index in [0.717, 1.165) is 9.87 Å². The smallest absolute Gasteiger partial charge is 0.261 e. The minimum Gasteiger partial charge on any atom is -0.497 e. The number of benzene rings is 2. The molecule has 0 aliphatic carbocycles. The van der Waals surface area contributed by atoms with Crippen LogP contribution in [0.25, 0.3) is 11.1 Å². The number of ether oxygens (including phenoxy) is 2. The number of aryl methyl sites for hydroxylation is 2. The van der Waals surface area contributed by atoms with Crippen LogP contribution in [0.2, 0.25) is 0 Å². The molecule has 0 spiro atoms. The summed E-state index contributed by atoms with van der Waals surface area (Å²) in [4.78, 5) is 17.4. The number of hydrogen-bond donors (Lipinski definition) is 0. The van der Waals surface area contributed by atoms with Crippen LogP contribution < -0.4 is 15.0 Å². The Morgan fingerprint density at radius 2 is 1.65 bits per heavy atom. The molecule has 0 fully saturated rings. The Morgan fingerprint density at radius 1 is 1.00 bits per heavy atom. The fraction of sp³-hybridized carbons (Fsp3) is 0.273. The average Bonchev–Trinajstić information content (AvgIpc) is 2.78. The normalized spacial score (nSPS) is 11.5. The maximum absolute atomic E-state index is 13.2. The third-order valence-electron chi connectivity index (χ3n) is 4.89. The molecular formula is C22H25N3O5S. The highest BCUT2D eigenvalue weighted by molar-refractivity contribution is 7.89. The third-order valence-corrected chi connectivity index (χ3v) is 6.76. The van der Waals surface area contributed by atoms with Crippen LogP contribution in [-0.4, -0.2) is 50.6 Å². The highest BCUT2D eigenvalue weighted by Gasteiger charge is 2.23. The Kier molecular flexibility index (Phi) is 6.77. The van der Waals surface area contributed by atoms with E-state index in [1.54, 1.807) is 38.5 Å². The van der Waals surface area contributed by atoms with Crippen molar-refractivity contribution in [3.05, 3.63) is 70.9 Å². The van der Waals surface area contributed by atoms with Gasteiger partial charge in [-0.15, -0.1) is 0 Å². The minimum atomic E-state index is -3.73. The molecule has 0 N–H and O–H groups in total. The van der Waals surface area contributed by atoms with Crippen molar-refractivity contribution in [3.63, 3.8) is 0 Å². The van der Waals surface area contributed by atoms with E-state index in [9.17, 15) is 13.2 Å². The molecule has 8 nitrogen and oxygen atoms in total. The van der Waals surface area contributed by atoms with Crippen molar-refractivity contribution in [2.24, 2.45) is 0 Å². The lowest BCUT2D eigenvalue weighted by Gasteiger charge is -2.15. The molecule has 0 radical (unpaired) electrons. The molecule has 0 amide bonds. The van der Waals surface area contributed by atoms with Crippen LogP contribution in [0.3, 0.4) is 0 Å². The van der Waals surface area contributed by atoms with Crippen LogP contribution in [0.4, 0.5) is 0 Å². The fourth-order valence-corrected chi connectivity index (χ4v) is 4.27. The number of hydrogen-bond acceptors (Lipinski definition) is 6. The van der Waals surface area contributed by atoms with Crippen LogP contribution in [0, 0.1) is 0 Å². The zero-order valence-electron chi connectivity index (χ0n) is 17.9. The lowest BCUT2D eigenvalue weighted by molar-refractivity contribution is 0.393. The van der Waals surface area contributed by atoms with Crippen LogP contribution in [-0.2, 0) is 23.0 Å². The number of aromatic nitrogens is 2. The van der Waals surface area contributed by atoms with Gasteiger partial charge in [-0.3, -0.25) is 9.36 Å². The monoisotopic (exact) mass is 443 g/mol. The molecule has 3 rings (SSSR count). The van der Waals surface area contributed by atoms with Gasteiger partial charge in [-0.2, -0.15) is 0 Å². The SMILES string of the molecule is COc1cc(CCn2cncc(-c3ccccc3S(=O)(=O)N(C)C)c2=O)cc(OC)c1. The molecule has 0 unspecified atom stereocenters. The molecule has 31 heavy (non-hydrogen) atoms. The van der Waals surface area contributed by atoms with Gasteiger partial charge in [0.1, 0.15) is 11.5 Å². The largest absolute Gasteiger partial charge is 0.497 e. The van der Waals surface area contributed by atoms with E-state index in [1.807, 2.05) is 12.1 Å². The van der Waals surface area contributed by atoms with Crippen molar-refractivity contribution in [1.29, 1.82) is 0 Å². The summed E-state index contributed by atoms with van der Waals surface area (Å²) in [6, 6.07) is 12.0. The molecule has 0 aliphatic heterocycles. The Labute approximate surface area is 181 Å². The summed E-state index contributed by atoms with van der Waals surface area (Å²) in [5.74, 6) is 1.33. The molecule has 0 saturated carbocycles. The van der Waals surface area contributed by atoms with E-state index in [0.29, 0.717) is 30.0 Å². The maximum atomic E-state index is 13.2. The predicted molar refractivity (Wildman–Crippen MR) is 118 cm³/mol. The van der Waals surface area contributed by atoms with Crippen molar-refractivity contribution in [2.75, 3.05) is 28.3 Å². The van der Waals surface area contributed by atoms with Crippen molar-refractivity contribution >= 4 is 10.0 Å². The molecular weight excluding hydrogens is 418 g/mol. The molecule has 0 atom stereocenters. The predicted octanol–water partition coefficient (Wildman–Crippen LogP) is 2.42. The van der Waals surface area contributed by atoms with Gasteiger partial charge in [-0.25, -0.2) is 17.7 Å². The first-order chi connectivity index (χ1) is 14.8. The summed E-state index contributed by atoms with van der Waals surface area (Å²) >= 11 is 0. The van der Waals surface area contributed by atoms with Crippen molar-refractivity contribution in [3.8, 4) is 22.6 Å². The lowest BCUT2D eigenvalue weighted by atomic mass is 10.1. The summed E-state index contributed by atoms with van der Waals surface area (Å²) < 4.78 is 38.6. The van der Waals surface area contributed by atoms with Gasteiger partial charge in [0.25, 0.3) is 5.56 Å². The molecule has 3 aromatic rings. The molecule has 1 heterocycles. The minimum absolute atomic E-state index is 0.0641.